The van der Waals surface area contributed by atoms with Gasteiger partial charge in [0.2, 0.25) is 5.91 Å². The first-order chi connectivity index (χ1) is 11.3. The zero-order chi connectivity index (χ0) is 15.9. The molecule has 23 heavy (non-hydrogen) atoms. The van der Waals surface area contributed by atoms with E-state index in [9.17, 15) is 4.79 Å². The fourth-order valence-electron chi connectivity index (χ4n) is 3.03. The van der Waals surface area contributed by atoms with Gasteiger partial charge in [-0.05, 0) is 24.5 Å². The minimum absolute atomic E-state index is 0.287. The van der Waals surface area contributed by atoms with Gasteiger partial charge in [-0.25, -0.2) is 0 Å². The molecular weight excluding hydrogens is 306 g/mol. The van der Waals surface area contributed by atoms with Crippen LogP contribution >= 0.6 is 11.8 Å². The summed E-state index contributed by atoms with van der Waals surface area (Å²) in [5.41, 5.74) is 2.48. The van der Waals surface area contributed by atoms with Crippen LogP contribution in [0.4, 0.5) is 0 Å². The van der Waals surface area contributed by atoms with Crippen LogP contribution in [0.15, 0.2) is 42.6 Å². The Morgan fingerprint density at radius 3 is 2.96 bits per heavy atom. The van der Waals surface area contributed by atoms with Gasteiger partial charge in [0.25, 0.3) is 0 Å². The first-order valence-corrected chi connectivity index (χ1v) is 9.37. The van der Waals surface area contributed by atoms with Crippen molar-refractivity contribution in [2.24, 2.45) is 0 Å². The van der Waals surface area contributed by atoms with Gasteiger partial charge in [0.15, 0.2) is 0 Å². The summed E-state index contributed by atoms with van der Waals surface area (Å²) in [6.45, 7) is 1.72. The van der Waals surface area contributed by atoms with E-state index in [1.54, 1.807) is 6.20 Å². The molecule has 0 saturated carbocycles. The van der Waals surface area contributed by atoms with Crippen molar-refractivity contribution >= 4 is 17.7 Å². The van der Waals surface area contributed by atoms with Gasteiger partial charge >= 0.3 is 0 Å². The SMILES string of the molecule is O=C(CCSCc1ccccc1)N1CCC[C@@H](c2ccn[nH]2)C1. The van der Waals surface area contributed by atoms with Crippen LogP contribution in [0.5, 0.6) is 0 Å². The number of thioether (sulfide) groups is 1. The molecule has 2 aromatic rings. The van der Waals surface area contributed by atoms with Crippen LogP contribution in [0, 0.1) is 0 Å². The summed E-state index contributed by atoms with van der Waals surface area (Å²) >= 11 is 1.83. The molecule has 1 N–H and O–H groups in total. The van der Waals surface area contributed by atoms with E-state index < -0.39 is 0 Å². The maximum absolute atomic E-state index is 12.4. The molecule has 122 valence electrons. The molecule has 5 heteroatoms. The van der Waals surface area contributed by atoms with Crippen molar-refractivity contribution in [3.8, 4) is 0 Å². The van der Waals surface area contributed by atoms with E-state index in [1.165, 1.54) is 5.56 Å². The van der Waals surface area contributed by atoms with Gasteiger partial charge in [0.05, 0.1) is 0 Å². The van der Waals surface area contributed by atoms with Crippen LogP contribution in [0.25, 0.3) is 0 Å². The number of hydrogen-bond donors (Lipinski definition) is 1. The standard InChI is InChI=1S/C18H23N3OS/c22-18(9-12-23-14-15-5-2-1-3-6-15)21-11-4-7-16(13-21)17-8-10-19-20-17/h1-3,5-6,8,10,16H,4,7,9,11-14H2,(H,19,20)/t16-/m1/s1. The number of carbonyl (C=O) groups is 1. The van der Waals surface area contributed by atoms with Crippen LogP contribution in [0.3, 0.4) is 0 Å². The number of piperidine rings is 1. The maximum Gasteiger partial charge on any atom is 0.223 e. The van der Waals surface area contributed by atoms with Gasteiger partial charge < -0.3 is 4.90 Å². The highest BCUT2D eigenvalue weighted by Gasteiger charge is 2.25. The summed E-state index contributed by atoms with van der Waals surface area (Å²) in [7, 11) is 0. The lowest BCUT2D eigenvalue weighted by atomic mass is 9.95. The number of aromatic amines is 1. The Labute approximate surface area is 141 Å². The number of rotatable bonds is 6. The molecule has 1 saturated heterocycles. The van der Waals surface area contributed by atoms with E-state index in [0.29, 0.717) is 12.3 Å². The zero-order valence-corrected chi connectivity index (χ0v) is 14.1. The number of hydrogen-bond acceptors (Lipinski definition) is 3. The fraction of sp³-hybridized carbons (Fsp3) is 0.444. The molecule has 2 heterocycles. The number of H-pyrrole nitrogens is 1. The monoisotopic (exact) mass is 329 g/mol. The molecular formula is C18H23N3OS. The summed E-state index contributed by atoms with van der Waals surface area (Å²) in [5.74, 6) is 2.56. The lowest BCUT2D eigenvalue weighted by Crippen LogP contribution is -2.39. The average molecular weight is 329 g/mol. The molecule has 3 rings (SSSR count). The Kier molecular flexibility index (Phi) is 5.75. The number of carbonyl (C=O) groups excluding carboxylic acids is 1. The van der Waals surface area contributed by atoms with Crippen LogP contribution < -0.4 is 0 Å². The smallest absolute Gasteiger partial charge is 0.223 e. The highest BCUT2D eigenvalue weighted by Crippen LogP contribution is 2.25. The van der Waals surface area contributed by atoms with Crippen LogP contribution in [0.1, 0.15) is 36.4 Å². The van der Waals surface area contributed by atoms with Crippen molar-refractivity contribution < 1.29 is 4.79 Å². The zero-order valence-electron chi connectivity index (χ0n) is 13.3. The Balaban J connectivity index is 1.41. The van der Waals surface area contributed by atoms with Gasteiger partial charge in [0, 0.05) is 48.8 Å². The van der Waals surface area contributed by atoms with Crippen molar-refractivity contribution in [2.45, 2.75) is 30.9 Å². The second-order valence-electron chi connectivity index (χ2n) is 5.98. The molecule has 0 aliphatic carbocycles. The Bertz CT molecular complexity index is 600. The predicted octanol–water partition coefficient (Wildman–Crippen LogP) is 3.44. The quantitative estimate of drug-likeness (QED) is 0.826. The van der Waals surface area contributed by atoms with E-state index in [1.807, 2.05) is 28.8 Å². The highest BCUT2D eigenvalue weighted by molar-refractivity contribution is 7.98. The van der Waals surface area contributed by atoms with Gasteiger partial charge in [-0.2, -0.15) is 16.9 Å². The predicted molar refractivity (Wildman–Crippen MR) is 94.4 cm³/mol. The summed E-state index contributed by atoms with van der Waals surface area (Å²) in [6.07, 6.45) is 4.63. The molecule has 1 fully saturated rings. The Morgan fingerprint density at radius 1 is 1.30 bits per heavy atom. The maximum atomic E-state index is 12.4. The average Bonchev–Trinajstić information content (AvgIpc) is 3.14. The summed E-state index contributed by atoms with van der Waals surface area (Å²) in [4.78, 5) is 14.4. The normalized spacial score (nSPS) is 18.1. The third kappa shape index (κ3) is 4.61. The minimum atomic E-state index is 0.287. The second-order valence-corrected chi connectivity index (χ2v) is 7.08. The molecule has 1 aliphatic rings. The molecule has 1 atom stereocenters. The van der Waals surface area contributed by atoms with Crippen LogP contribution in [0.2, 0.25) is 0 Å². The molecule has 1 aromatic heterocycles. The van der Waals surface area contributed by atoms with Gasteiger partial charge in [-0.3, -0.25) is 9.89 Å². The van der Waals surface area contributed by atoms with E-state index in [2.05, 4.69) is 34.5 Å². The summed E-state index contributed by atoms with van der Waals surface area (Å²) < 4.78 is 0. The molecule has 1 aliphatic heterocycles. The molecule has 4 nitrogen and oxygen atoms in total. The lowest BCUT2D eigenvalue weighted by Gasteiger charge is -2.32. The van der Waals surface area contributed by atoms with Crippen LogP contribution in [-0.2, 0) is 10.5 Å². The topological polar surface area (TPSA) is 49.0 Å². The molecule has 1 aromatic carbocycles. The third-order valence-corrected chi connectivity index (χ3v) is 5.34. The van der Waals surface area contributed by atoms with Gasteiger partial charge in [0.1, 0.15) is 0 Å². The molecule has 0 spiro atoms. The van der Waals surface area contributed by atoms with Crippen molar-refractivity contribution in [3.05, 3.63) is 53.9 Å². The van der Waals surface area contributed by atoms with Crippen molar-refractivity contribution in [2.75, 3.05) is 18.8 Å². The van der Waals surface area contributed by atoms with E-state index >= 15 is 0 Å². The first-order valence-electron chi connectivity index (χ1n) is 8.21. The summed E-state index contributed by atoms with van der Waals surface area (Å²) in [6, 6.07) is 12.4. The number of aromatic nitrogens is 2. The number of nitrogens with one attached hydrogen (secondary N) is 1. The first kappa shape index (κ1) is 16.1. The highest BCUT2D eigenvalue weighted by atomic mass is 32.2. The Hall–Kier alpha value is -1.75. The minimum Gasteiger partial charge on any atom is -0.342 e. The van der Waals surface area contributed by atoms with Gasteiger partial charge in [-0.15, -0.1) is 0 Å². The second kappa shape index (κ2) is 8.20. The van der Waals surface area contributed by atoms with E-state index in [0.717, 1.165) is 43.1 Å². The molecule has 0 unspecified atom stereocenters. The largest absolute Gasteiger partial charge is 0.342 e. The van der Waals surface area contributed by atoms with Crippen LogP contribution in [-0.4, -0.2) is 39.8 Å². The molecule has 0 radical (unpaired) electrons. The Morgan fingerprint density at radius 2 is 2.17 bits per heavy atom. The number of likely N-dealkylation sites (tertiary alicyclic amines) is 1. The third-order valence-electron chi connectivity index (χ3n) is 4.31. The number of amides is 1. The number of nitrogens with zero attached hydrogens (tertiary/aromatic N) is 2. The number of benzene rings is 1. The van der Waals surface area contributed by atoms with Gasteiger partial charge in [-0.1, -0.05) is 30.3 Å². The lowest BCUT2D eigenvalue weighted by molar-refractivity contribution is -0.131. The summed E-state index contributed by atoms with van der Waals surface area (Å²) in [5, 5.41) is 7.07. The van der Waals surface area contributed by atoms with Crippen molar-refractivity contribution in [1.29, 1.82) is 0 Å². The van der Waals surface area contributed by atoms with Crippen molar-refractivity contribution in [3.63, 3.8) is 0 Å². The molecule has 1 amide bonds. The van der Waals surface area contributed by atoms with Crippen molar-refractivity contribution in [1.82, 2.24) is 15.1 Å². The van der Waals surface area contributed by atoms with E-state index in [-0.39, 0.29) is 5.91 Å². The van der Waals surface area contributed by atoms with E-state index in [4.69, 9.17) is 0 Å². The molecule has 0 bridgehead atoms. The fourth-order valence-corrected chi connectivity index (χ4v) is 3.92.